The summed E-state index contributed by atoms with van der Waals surface area (Å²) in [4.78, 5) is 11.7. The average molecular weight is 240 g/mol. The molecule has 7 heteroatoms. The Bertz CT molecular complexity index is 413. The molecule has 0 radical (unpaired) electrons. The number of carbonyl (C=O) groups excluding carboxylic acids is 1. The lowest BCUT2D eigenvalue weighted by Crippen LogP contribution is -2.37. The predicted molar refractivity (Wildman–Crippen MR) is 60.8 cm³/mol. The monoisotopic (exact) mass is 240 g/mol. The zero-order valence-electron chi connectivity index (χ0n) is 9.80. The highest BCUT2D eigenvalue weighted by Gasteiger charge is 2.16. The second kappa shape index (κ2) is 5.88. The minimum absolute atomic E-state index is 0.0773. The molecule has 1 rings (SSSR count). The summed E-state index contributed by atoms with van der Waals surface area (Å²) >= 11 is 0. The van der Waals surface area contributed by atoms with Gasteiger partial charge in [0.1, 0.15) is 11.6 Å². The molecule has 0 aliphatic carbocycles. The smallest absolute Gasteiger partial charge is 0.273 e. The van der Waals surface area contributed by atoms with Crippen molar-refractivity contribution >= 4 is 11.7 Å². The minimum Gasteiger partial charge on any atom is -0.409 e. The number of aryl methyl sites for hydroxylation is 1. The Morgan fingerprint density at radius 1 is 1.76 bits per heavy atom. The van der Waals surface area contributed by atoms with Gasteiger partial charge >= 0.3 is 0 Å². The Hall–Kier alpha value is -2.05. The first-order valence-corrected chi connectivity index (χ1v) is 5.27. The minimum atomic E-state index is -0.334. The Morgan fingerprint density at radius 3 is 2.94 bits per heavy atom. The SMILES string of the molecule is CCC(CC(N)=NO)NC(=O)c1cc(C)on1. The number of amidine groups is 1. The van der Waals surface area contributed by atoms with E-state index in [1.807, 2.05) is 6.92 Å². The molecule has 1 amide bonds. The van der Waals surface area contributed by atoms with Crippen LogP contribution in [0.2, 0.25) is 0 Å². The van der Waals surface area contributed by atoms with E-state index < -0.39 is 0 Å². The van der Waals surface area contributed by atoms with Gasteiger partial charge in [-0.3, -0.25) is 4.79 Å². The molecule has 0 saturated heterocycles. The van der Waals surface area contributed by atoms with Crippen LogP contribution in [0, 0.1) is 6.92 Å². The fourth-order valence-electron chi connectivity index (χ4n) is 1.32. The van der Waals surface area contributed by atoms with Crippen molar-refractivity contribution in [2.75, 3.05) is 0 Å². The quantitative estimate of drug-likeness (QED) is 0.302. The van der Waals surface area contributed by atoms with Crippen LogP contribution in [0.3, 0.4) is 0 Å². The molecule has 1 heterocycles. The van der Waals surface area contributed by atoms with Gasteiger partial charge in [-0.25, -0.2) is 0 Å². The van der Waals surface area contributed by atoms with E-state index in [0.29, 0.717) is 12.2 Å². The Balaban J connectivity index is 2.59. The number of rotatable bonds is 5. The van der Waals surface area contributed by atoms with E-state index in [1.165, 1.54) is 0 Å². The highest BCUT2D eigenvalue weighted by Crippen LogP contribution is 2.04. The molecule has 1 aromatic heterocycles. The molecule has 0 aliphatic heterocycles. The zero-order chi connectivity index (χ0) is 12.8. The van der Waals surface area contributed by atoms with Gasteiger partial charge in [-0.1, -0.05) is 17.2 Å². The Kier molecular flexibility index (Phi) is 4.50. The number of carbonyl (C=O) groups is 1. The van der Waals surface area contributed by atoms with Crippen LogP contribution in [-0.4, -0.2) is 28.1 Å². The molecule has 0 aromatic carbocycles. The molecular weight excluding hydrogens is 224 g/mol. The van der Waals surface area contributed by atoms with Gasteiger partial charge < -0.3 is 20.8 Å². The van der Waals surface area contributed by atoms with Crippen LogP contribution in [0.25, 0.3) is 0 Å². The van der Waals surface area contributed by atoms with Crippen LogP contribution in [0.1, 0.15) is 36.0 Å². The molecule has 4 N–H and O–H groups in total. The van der Waals surface area contributed by atoms with Crippen molar-refractivity contribution in [3.63, 3.8) is 0 Å². The fraction of sp³-hybridized carbons (Fsp3) is 0.500. The van der Waals surface area contributed by atoms with Crippen molar-refractivity contribution in [2.24, 2.45) is 10.9 Å². The fourth-order valence-corrected chi connectivity index (χ4v) is 1.32. The maximum Gasteiger partial charge on any atom is 0.273 e. The van der Waals surface area contributed by atoms with E-state index in [9.17, 15) is 4.79 Å². The van der Waals surface area contributed by atoms with Crippen molar-refractivity contribution < 1.29 is 14.5 Å². The van der Waals surface area contributed by atoms with Crippen molar-refractivity contribution in [3.05, 3.63) is 17.5 Å². The molecule has 0 aliphatic rings. The summed E-state index contributed by atoms with van der Waals surface area (Å²) in [5.74, 6) is 0.313. The molecular formula is C10H16N4O3. The van der Waals surface area contributed by atoms with Crippen molar-refractivity contribution in [2.45, 2.75) is 32.7 Å². The van der Waals surface area contributed by atoms with Crippen molar-refractivity contribution in [3.8, 4) is 0 Å². The third-order valence-corrected chi connectivity index (χ3v) is 2.27. The van der Waals surface area contributed by atoms with Gasteiger partial charge in [0.15, 0.2) is 5.69 Å². The second-order valence-corrected chi connectivity index (χ2v) is 3.70. The van der Waals surface area contributed by atoms with Gasteiger partial charge in [-0.15, -0.1) is 0 Å². The number of nitrogens with one attached hydrogen (secondary N) is 1. The Morgan fingerprint density at radius 2 is 2.47 bits per heavy atom. The highest BCUT2D eigenvalue weighted by atomic mass is 16.5. The zero-order valence-corrected chi connectivity index (χ0v) is 9.80. The molecule has 17 heavy (non-hydrogen) atoms. The van der Waals surface area contributed by atoms with E-state index >= 15 is 0 Å². The number of oxime groups is 1. The van der Waals surface area contributed by atoms with Gasteiger partial charge in [-0.2, -0.15) is 0 Å². The lowest BCUT2D eigenvalue weighted by Gasteiger charge is -2.14. The molecule has 94 valence electrons. The Labute approximate surface area is 98.6 Å². The van der Waals surface area contributed by atoms with Gasteiger partial charge in [0, 0.05) is 18.5 Å². The summed E-state index contributed by atoms with van der Waals surface area (Å²) in [6, 6.07) is 1.35. The van der Waals surface area contributed by atoms with Gasteiger partial charge in [0.25, 0.3) is 5.91 Å². The summed E-state index contributed by atoms with van der Waals surface area (Å²) in [5, 5.41) is 17.7. The number of amides is 1. The average Bonchev–Trinajstić information content (AvgIpc) is 2.74. The molecule has 1 aromatic rings. The van der Waals surface area contributed by atoms with Crippen LogP contribution < -0.4 is 11.1 Å². The van der Waals surface area contributed by atoms with E-state index in [1.54, 1.807) is 13.0 Å². The summed E-state index contributed by atoms with van der Waals surface area (Å²) in [6.07, 6.45) is 0.953. The summed E-state index contributed by atoms with van der Waals surface area (Å²) in [6.45, 7) is 3.60. The molecule has 0 spiro atoms. The number of nitrogens with two attached hydrogens (primary N) is 1. The topological polar surface area (TPSA) is 114 Å². The molecule has 7 nitrogen and oxygen atoms in total. The summed E-state index contributed by atoms with van der Waals surface area (Å²) < 4.78 is 4.80. The molecule has 1 unspecified atom stereocenters. The van der Waals surface area contributed by atoms with Crippen LogP contribution in [0.4, 0.5) is 0 Å². The maximum absolute atomic E-state index is 11.7. The van der Waals surface area contributed by atoms with Crippen LogP contribution in [0.15, 0.2) is 15.7 Å². The highest BCUT2D eigenvalue weighted by molar-refractivity contribution is 5.92. The van der Waals surface area contributed by atoms with Crippen LogP contribution >= 0.6 is 0 Å². The maximum atomic E-state index is 11.7. The first-order chi connectivity index (χ1) is 8.06. The molecule has 0 saturated carbocycles. The van der Waals surface area contributed by atoms with Crippen LogP contribution in [0.5, 0.6) is 0 Å². The van der Waals surface area contributed by atoms with Crippen LogP contribution in [-0.2, 0) is 0 Å². The second-order valence-electron chi connectivity index (χ2n) is 3.70. The predicted octanol–water partition coefficient (Wildman–Crippen LogP) is 0.628. The van der Waals surface area contributed by atoms with E-state index in [4.69, 9.17) is 15.5 Å². The van der Waals surface area contributed by atoms with Crippen molar-refractivity contribution in [1.29, 1.82) is 0 Å². The van der Waals surface area contributed by atoms with Crippen molar-refractivity contribution in [1.82, 2.24) is 10.5 Å². The number of nitrogens with zero attached hydrogens (tertiary/aromatic N) is 2. The normalized spacial score (nSPS) is 13.4. The molecule has 0 bridgehead atoms. The van der Waals surface area contributed by atoms with Gasteiger partial charge in [-0.05, 0) is 13.3 Å². The number of hydrogen-bond donors (Lipinski definition) is 3. The summed E-state index contributed by atoms with van der Waals surface area (Å²) in [5.41, 5.74) is 5.61. The third-order valence-electron chi connectivity index (χ3n) is 2.27. The standard InChI is InChI=1S/C10H16N4O3/c1-3-7(5-9(11)13-16)12-10(15)8-4-6(2)17-14-8/h4,7,16H,3,5H2,1-2H3,(H2,11,13)(H,12,15). The van der Waals surface area contributed by atoms with E-state index in [0.717, 1.165) is 0 Å². The number of aromatic nitrogens is 1. The largest absolute Gasteiger partial charge is 0.409 e. The van der Waals surface area contributed by atoms with E-state index in [2.05, 4.69) is 15.6 Å². The number of hydrogen-bond acceptors (Lipinski definition) is 5. The van der Waals surface area contributed by atoms with E-state index in [-0.39, 0.29) is 29.9 Å². The third kappa shape index (κ3) is 3.78. The molecule has 1 atom stereocenters. The molecule has 0 fully saturated rings. The first kappa shape index (κ1) is 13.0. The first-order valence-electron chi connectivity index (χ1n) is 5.27. The van der Waals surface area contributed by atoms with Gasteiger partial charge in [0.05, 0.1) is 0 Å². The lowest BCUT2D eigenvalue weighted by atomic mass is 10.1. The summed E-state index contributed by atoms with van der Waals surface area (Å²) in [7, 11) is 0. The van der Waals surface area contributed by atoms with Gasteiger partial charge in [0.2, 0.25) is 0 Å². The lowest BCUT2D eigenvalue weighted by molar-refractivity contribution is 0.0927.